The molecule has 104 valence electrons. The number of hydrogen-bond donors (Lipinski definition) is 1. The van der Waals surface area contributed by atoms with E-state index < -0.39 is 17.7 Å². The highest BCUT2D eigenvalue weighted by Gasteiger charge is 2.24. The monoisotopic (exact) mass is 331 g/mol. The van der Waals surface area contributed by atoms with Crippen LogP contribution in [-0.4, -0.2) is 34.0 Å². The summed E-state index contributed by atoms with van der Waals surface area (Å²) in [6.45, 7) is 3.42. The summed E-state index contributed by atoms with van der Waals surface area (Å²) in [6, 6.07) is 0. The number of Topliss-reactive ketones (excluding diaryl/α,β-unsaturated/α-hetero) is 1. The van der Waals surface area contributed by atoms with Gasteiger partial charge in [-0.25, -0.2) is 4.79 Å². The second-order valence-electron chi connectivity index (χ2n) is 3.83. The SMILES string of the molecule is CCc1c(Br)cn(CCOC(C)=O)c1C(=O)C(=O)O. The Kier molecular flexibility index (Phi) is 5.29. The number of hydrogen-bond acceptors (Lipinski definition) is 4. The van der Waals surface area contributed by atoms with Gasteiger partial charge in [0.25, 0.3) is 5.78 Å². The van der Waals surface area contributed by atoms with Gasteiger partial charge < -0.3 is 14.4 Å². The molecule has 0 radical (unpaired) electrons. The summed E-state index contributed by atoms with van der Waals surface area (Å²) >= 11 is 3.29. The Bertz CT molecular complexity index is 520. The van der Waals surface area contributed by atoms with Crippen LogP contribution >= 0.6 is 15.9 Å². The van der Waals surface area contributed by atoms with E-state index in [1.165, 1.54) is 11.5 Å². The first kappa shape index (κ1) is 15.4. The van der Waals surface area contributed by atoms with Gasteiger partial charge >= 0.3 is 11.9 Å². The quantitative estimate of drug-likeness (QED) is 0.486. The van der Waals surface area contributed by atoms with E-state index in [1.54, 1.807) is 6.20 Å². The largest absolute Gasteiger partial charge is 0.475 e. The zero-order valence-corrected chi connectivity index (χ0v) is 12.2. The van der Waals surface area contributed by atoms with Crippen molar-refractivity contribution < 1.29 is 24.2 Å². The van der Waals surface area contributed by atoms with Crippen LogP contribution in [0.15, 0.2) is 10.7 Å². The van der Waals surface area contributed by atoms with Gasteiger partial charge in [0.15, 0.2) is 0 Å². The van der Waals surface area contributed by atoms with Gasteiger partial charge in [-0.05, 0) is 27.9 Å². The minimum Gasteiger partial charge on any atom is -0.475 e. The van der Waals surface area contributed by atoms with Crippen molar-refractivity contribution in [2.45, 2.75) is 26.8 Å². The Morgan fingerprint density at radius 1 is 1.42 bits per heavy atom. The van der Waals surface area contributed by atoms with Gasteiger partial charge in [0.2, 0.25) is 0 Å². The molecule has 1 N–H and O–H groups in total. The van der Waals surface area contributed by atoms with E-state index in [4.69, 9.17) is 9.84 Å². The molecule has 0 aliphatic rings. The van der Waals surface area contributed by atoms with Crippen LogP contribution in [0.1, 0.15) is 29.9 Å². The number of halogens is 1. The van der Waals surface area contributed by atoms with Crippen molar-refractivity contribution in [3.05, 3.63) is 21.9 Å². The Hall–Kier alpha value is -1.63. The molecule has 1 heterocycles. The van der Waals surface area contributed by atoms with Crippen LogP contribution in [0.25, 0.3) is 0 Å². The molecular formula is C12H14BrNO5. The molecule has 6 nitrogen and oxygen atoms in total. The number of carboxylic acids is 1. The maximum absolute atomic E-state index is 11.7. The van der Waals surface area contributed by atoms with Crippen molar-refractivity contribution >= 4 is 33.7 Å². The van der Waals surface area contributed by atoms with Gasteiger partial charge in [-0.3, -0.25) is 9.59 Å². The predicted molar refractivity (Wildman–Crippen MR) is 70.1 cm³/mol. The summed E-state index contributed by atoms with van der Waals surface area (Å²) in [6.07, 6.45) is 2.15. The molecule has 0 fully saturated rings. The van der Waals surface area contributed by atoms with Crippen LogP contribution in [0.4, 0.5) is 0 Å². The fourth-order valence-corrected chi connectivity index (χ4v) is 2.45. The lowest BCUT2D eigenvalue weighted by Crippen LogP contribution is -2.20. The molecule has 0 spiro atoms. The first-order valence-electron chi connectivity index (χ1n) is 5.67. The first-order chi connectivity index (χ1) is 8.88. The number of ether oxygens (including phenoxy) is 1. The lowest BCUT2D eigenvalue weighted by Gasteiger charge is -2.08. The summed E-state index contributed by atoms with van der Waals surface area (Å²) < 4.78 is 6.95. The van der Waals surface area contributed by atoms with Gasteiger partial charge in [-0.15, -0.1) is 0 Å². The molecular weight excluding hydrogens is 318 g/mol. The zero-order valence-electron chi connectivity index (χ0n) is 10.6. The number of ketones is 1. The number of carboxylic acid groups (broad SMARTS) is 1. The minimum absolute atomic E-state index is 0.0828. The van der Waals surface area contributed by atoms with Gasteiger partial charge in [0, 0.05) is 17.6 Å². The van der Waals surface area contributed by atoms with E-state index in [-0.39, 0.29) is 18.8 Å². The van der Waals surface area contributed by atoms with E-state index in [0.717, 1.165) is 0 Å². The molecule has 0 aromatic carbocycles. The van der Waals surface area contributed by atoms with Gasteiger partial charge in [-0.1, -0.05) is 6.92 Å². The third kappa shape index (κ3) is 3.66. The second-order valence-corrected chi connectivity index (χ2v) is 4.68. The number of aromatic nitrogens is 1. The summed E-state index contributed by atoms with van der Waals surface area (Å²) in [5.74, 6) is -2.90. The van der Waals surface area contributed by atoms with E-state index >= 15 is 0 Å². The average molecular weight is 332 g/mol. The lowest BCUT2D eigenvalue weighted by atomic mass is 10.1. The van der Waals surface area contributed by atoms with Crippen LogP contribution in [-0.2, 0) is 27.3 Å². The highest BCUT2D eigenvalue weighted by molar-refractivity contribution is 9.10. The Labute approximate surface area is 118 Å². The van der Waals surface area contributed by atoms with Crippen LogP contribution in [0.5, 0.6) is 0 Å². The van der Waals surface area contributed by atoms with E-state index in [9.17, 15) is 14.4 Å². The van der Waals surface area contributed by atoms with Crippen molar-refractivity contribution in [2.24, 2.45) is 0 Å². The Morgan fingerprint density at radius 2 is 2.05 bits per heavy atom. The third-order valence-corrected chi connectivity index (χ3v) is 3.21. The fraction of sp³-hybridized carbons (Fsp3) is 0.417. The van der Waals surface area contributed by atoms with Gasteiger partial charge in [0.1, 0.15) is 12.3 Å². The van der Waals surface area contributed by atoms with E-state index in [2.05, 4.69) is 15.9 Å². The molecule has 1 rings (SSSR count). The van der Waals surface area contributed by atoms with Gasteiger partial charge in [-0.2, -0.15) is 0 Å². The summed E-state index contributed by atoms with van der Waals surface area (Å²) in [4.78, 5) is 33.2. The number of nitrogens with zero attached hydrogens (tertiary/aromatic N) is 1. The molecule has 0 bridgehead atoms. The molecule has 0 aliphatic heterocycles. The maximum Gasteiger partial charge on any atom is 0.378 e. The molecule has 0 amide bonds. The molecule has 1 aromatic rings. The lowest BCUT2D eigenvalue weighted by molar-refractivity contribution is -0.141. The highest BCUT2D eigenvalue weighted by Crippen LogP contribution is 2.24. The zero-order chi connectivity index (χ0) is 14.6. The molecule has 1 aromatic heterocycles. The number of rotatable bonds is 6. The molecule has 0 saturated heterocycles. The smallest absolute Gasteiger partial charge is 0.378 e. The molecule has 7 heteroatoms. The number of carbonyl (C=O) groups is 3. The standard InChI is InChI=1S/C12H14BrNO5/c1-3-8-9(13)6-14(4-5-19-7(2)15)10(8)11(16)12(17)18/h6H,3-5H2,1-2H3,(H,17,18). The van der Waals surface area contributed by atoms with Crippen molar-refractivity contribution in [2.75, 3.05) is 6.61 Å². The van der Waals surface area contributed by atoms with Crippen LogP contribution < -0.4 is 0 Å². The second kappa shape index (κ2) is 6.51. The Balaban J connectivity index is 3.06. The number of carbonyl (C=O) groups excluding carboxylic acids is 2. The van der Waals surface area contributed by atoms with Crippen molar-refractivity contribution in [1.29, 1.82) is 0 Å². The minimum atomic E-state index is -1.51. The first-order valence-corrected chi connectivity index (χ1v) is 6.46. The number of aliphatic carboxylic acids is 1. The number of esters is 1. The molecule has 0 unspecified atom stereocenters. The predicted octanol–water partition coefficient (Wildman–Crippen LogP) is 1.64. The summed E-state index contributed by atoms with van der Waals surface area (Å²) in [5, 5.41) is 8.84. The highest BCUT2D eigenvalue weighted by atomic mass is 79.9. The van der Waals surface area contributed by atoms with Crippen LogP contribution in [0.2, 0.25) is 0 Å². The average Bonchev–Trinajstić information content (AvgIpc) is 2.63. The van der Waals surface area contributed by atoms with E-state index in [1.807, 2.05) is 6.92 Å². The van der Waals surface area contributed by atoms with Crippen molar-refractivity contribution in [3.8, 4) is 0 Å². The van der Waals surface area contributed by atoms with Crippen molar-refractivity contribution in [1.82, 2.24) is 4.57 Å². The topological polar surface area (TPSA) is 85.6 Å². The van der Waals surface area contributed by atoms with Crippen molar-refractivity contribution in [3.63, 3.8) is 0 Å². The normalized spacial score (nSPS) is 10.3. The summed E-state index contributed by atoms with van der Waals surface area (Å²) in [5.41, 5.74) is 0.754. The Morgan fingerprint density at radius 3 is 2.53 bits per heavy atom. The molecule has 0 aliphatic carbocycles. The fourth-order valence-electron chi connectivity index (χ4n) is 1.73. The summed E-state index contributed by atoms with van der Waals surface area (Å²) in [7, 11) is 0. The van der Waals surface area contributed by atoms with E-state index in [0.29, 0.717) is 16.5 Å². The molecule has 19 heavy (non-hydrogen) atoms. The third-order valence-electron chi connectivity index (χ3n) is 2.53. The maximum atomic E-state index is 11.7. The van der Waals surface area contributed by atoms with Crippen LogP contribution in [0.3, 0.4) is 0 Å². The molecule has 0 saturated carbocycles. The molecule has 0 atom stereocenters. The van der Waals surface area contributed by atoms with Gasteiger partial charge in [0.05, 0.1) is 6.54 Å². The van der Waals surface area contributed by atoms with Crippen LogP contribution in [0, 0.1) is 0 Å².